The molecule has 0 aliphatic carbocycles. The number of amides is 1. The molecule has 1 saturated heterocycles. The predicted octanol–water partition coefficient (Wildman–Crippen LogP) is 0.259. The Hall–Kier alpha value is 0.130. The molecule has 0 saturated carbocycles. The summed E-state index contributed by atoms with van der Waals surface area (Å²) in [6, 6.07) is 0. The minimum atomic E-state index is 0.0874. The van der Waals surface area contributed by atoms with E-state index >= 15 is 0 Å². The molecule has 0 atom stereocenters. The molecule has 1 heterocycles. The van der Waals surface area contributed by atoms with Crippen molar-refractivity contribution in [3.63, 3.8) is 0 Å². The molecule has 1 aliphatic heterocycles. The van der Waals surface area contributed by atoms with E-state index in [9.17, 15) is 4.79 Å². The fourth-order valence-corrected chi connectivity index (χ4v) is 1.49. The van der Waals surface area contributed by atoms with E-state index in [4.69, 9.17) is 0 Å². The number of nitrogens with one attached hydrogen (secondary N) is 1. The maximum Gasteiger partial charge on any atom is 0.247 e. The first-order valence-electron chi connectivity index (χ1n) is 2.10. The lowest BCUT2D eigenvalue weighted by molar-refractivity contribution is -0.117. The smallest absolute Gasteiger partial charge is 0.247 e. The van der Waals surface area contributed by atoms with Gasteiger partial charge in [0.05, 0.1) is 12.1 Å². The highest BCUT2D eigenvalue weighted by Gasteiger charge is 2.17. The van der Waals surface area contributed by atoms with Crippen LogP contribution in [0.5, 0.6) is 0 Å². The Kier molecular flexibility index (Phi) is 2.04. The third-order valence-corrected chi connectivity index (χ3v) is 2.60. The minimum absolute atomic E-state index is 0.0874. The predicted molar refractivity (Wildman–Crippen MR) is 36.0 cm³/mol. The molecule has 5 heteroatoms. The van der Waals surface area contributed by atoms with Crippen LogP contribution in [0.2, 0.25) is 0 Å². The second-order valence-electron chi connectivity index (χ2n) is 1.29. The van der Waals surface area contributed by atoms with E-state index in [1.807, 2.05) is 9.97 Å². The topological polar surface area (TPSA) is 32.3 Å². The minimum Gasteiger partial charge on any atom is -0.285 e. The summed E-state index contributed by atoms with van der Waals surface area (Å²) >= 11 is 2.90. The Morgan fingerprint density at radius 3 is 3.00 bits per heavy atom. The number of hydrogen-bond acceptors (Lipinski definition) is 4. The number of carbonyl (C=O) groups excluding carboxylic acids is 1. The van der Waals surface area contributed by atoms with Crippen LogP contribution in [0.1, 0.15) is 0 Å². The van der Waals surface area contributed by atoms with Gasteiger partial charge in [-0.15, -0.1) is 0 Å². The van der Waals surface area contributed by atoms with Crippen LogP contribution in [0.15, 0.2) is 0 Å². The highest BCUT2D eigenvalue weighted by atomic mass is 32.2. The van der Waals surface area contributed by atoms with Crippen LogP contribution in [-0.2, 0) is 4.79 Å². The first-order chi connectivity index (χ1) is 3.83. The fourth-order valence-electron chi connectivity index (χ4n) is 0.385. The van der Waals surface area contributed by atoms with Crippen molar-refractivity contribution in [2.24, 2.45) is 0 Å². The van der Waals surface area contributed by atoms with Crippen LogP contribution in [0.3, 0.4) is 0 Å². The molecule has 8 heavy (non-hydrogen) atoms. The summed E-state index contributed by atoms with van der Waals surface area (Å²) in [4.78, 5) is 10.4. The summed E-state index contributed by atoms with van der Waals surface area (Å²) in [6.45, 7) is 0.506. The Morgan fingerprint density at radius 2 is 2.75 bits per heavy atom. The van der Waals surface area contributed by atoms with Gasteiger partial charge in [0.15, 0.2) is 0 Å². The van der Waals surface area contributed by atoms with E-state index in [-0.39, 0.29) is 5.91 Å². The van der Waals surface area contributed by atoms with Crippen molar-refractivity contribution in [1.29, 1.82) is 0 Å². The highest BCUT2D eigenvalue weighted by molar-refractivity contribution is 8.11. The van der Waals surface area contributed by atoms with Crippen molar-refractivity contribution in [3.05, 3.63) is 0 Å². The zero-order valence-electron chi connectivity index (χ0n) is 4.38. The molecule has 0 aromatic rings. The molecular weight excluding hydrogens is 144 g/mol. The number of carbonyl (C=O) groups is 1. The molecule has 0 aromatic heterocycles. The zero-order chi connectivity index (χ0) is 5.98. The molecule has 0 aromatic carbocycles. The van der Waals surface area contributed by atoms with Gasteiger partial charge in [0.1, 0.15) is 6.54 Å². The second kappa shape index (κ2) is 2.61. The van der Waals surface area contributed by atoms with Gasteiger partial charge in [0.2, 0.25) is 5.91 Å². The van der Waals surface area contributed by atoms with E-state index in [0.717, 1.165) is 0 Å². The van der Waals surface area contributed by atoms with Gasteiger partial charge in [0, 0.05) is 0 Å². The first-order valence-corrected chi connectivity index (χ1v) is 4.06. The van der Waals surface area contributed by atoms with Crippen molar-refractivity contribution in [3.8, 4) is 0 Å². The molecule has 46 valence electrons. The van der Waals surface area contributed by atoms with Gasteiger partial charge in [0.25, 0.3) is 0 Å². The molecule has 3 nitrogen and oxygen atoms in total. The largest absolute Gasteiger partial charge is 0.285 e. The van der Waals surface area contributed by atoms with E-state index in [2.05, 4.69) is 4.72 Å². The van der Waals surface area contributed by atoms with Crippen LogP contribution < -0.4 is 4.72 Å². The van der Waals surface area contributed by atoms with Crippen molar-refractivity contribution in [1.82, 2.24) is 8.43 Å². The van der Waals surface area contributed by atoms with E-state index in [1.165, 1.54) is 12.1 Å². The second-order valence-corrected chi connectivity index (χ2v) is 3.15. The Bertz CT molecular complexity index is 107. The van der Waals surface area contributed by atoms with Crippen LogP contribution in [0.25, 0.3) is 0 Å². The summed E-state index contributed by atoms with van der Waals surface area (Å²) in [6.07, 6.45) is 1.94. The average Bonchev–Trinajstić information content (AvgIpc) is 2.14. The van der Waals surface area contributed by atoms with Crippen LogP contribution >= 0.6 is 24.1 Å². The maximum absolute atomic E-state index is 10.4. The Morgan fingerprint density at radius 1 is 2.00 bits per heavy atom. The van der Waals surface area contributed by atoms with Gasteiger partial charge in [-0.3, -0.25) is 9.52 Å². The van der Waals surface area contributed by atoms with Gasteiger partial charge in [-0.25, -0.2) is 0 Å². The highest BCUT2D eigenvalue weighted by Crippen LogP contribution is 2.19. The number of rotatable bonds is 1. The van der Waals surface area contributed by atoms with Crippen LogP contribution in [0.4, 0.5) is 0 Å². The quantitative estimate of drug-likeness (QED) is 0.543. The third kappa shape index (κ3) is 1.30. The summed E-state index contributed by atoms with van der Waals surface area (Å²) in [7, 11) is 0. The van der Waals surface area contributed by atoms with Gasteiger partial charge >= 0.3 is 0 Å². The Labute approximate surface area is 56.6 Å². The summed E-state index contributed by atoms with van der Waals surface area (Å²) in [5.74, 6) is 0.0874. The monoisotopic (exact) mass is 150 g/mol. The van der Waals surface area contributed by atoms with E-state index in [1.54, 1.807) is 11.9 Å². The molecule has 1 amide bonds. The van der Waals surface area contributed by atoms with Crippen molar-refractivity contribution < 1.29 is 4.79 Å². The normalized spacial score (nSPS) is 21.4. The molecule has 0 spiro atoms. The molecular formula is C3H6N2OS2. The number of nitrogens with zero attached hydrogens (tertiary/aromatic N) is 1. The summed E-state index contributed by atoms with van der Waals surface area (Å²) in [5.41, 5.74) is 0. The summed E-state index contributed by atoms with van der Waals surface area (Å²) < 4.78 is 4.48. The van der Waals surface area contributed by atoms with Crippen molar-refractivity contribution in [2.75, 3.05) is 12.8 Å². The molecule has 0 unspecified atom stereocenters. The molecule has 1 rings (SSSR count). The lowest BCUT2D eigenvalue weighted by Gasteiger charge is -2.01. The fraction of sp³-hybridized carbons (Fsp3) is 0.667. The summed E-state index contributed by atoms with van der Waals surface area (Å²) in [5, 5.41) is 0. The standard InChI is InChI=1S/C3H6N2OS2/c1-7-5-2-3(6)4-8-5/h2H2,1H3,(H,4,6). The van der Waals surface area contributed by atoms with Crippen LogP contribution in [0, 0.1) is 0 Å². The van der Waals surface area contributed by atoms with Crippen molar-refractivity contribution in [2.45, 2.75) is 0 Å². The van der Waals surface area contributed by atoms with E-state index in [0.29, 0.717) is 6.54 Å². The SMILES string of the molecule is CSN1CC(=O)NS1. The van der Waals surface area contributed by atoms with Gasteiger partial charge in [-0.1, -0.05) is 11.9 Å². The van der Waals surface area contributed by atoms with Gasteiger partial charge < -0.3 is 0 Å². The molecule has 1 fully saturated rings. The number of hydrogen-bond donors (Lipinski definition) is 1. The third-order valence-electron chi connectivity index (χ3n) is 0.738. The van der Waals surface area contributed by atoms with Crippen molar-refractivity contribution >= 4 is 30.0 Å². The lowest BCUT2D eigenvalue weighted by Crippen LogP contribution is -2.11. The van der Waals surface area contributed by atoms with Gasteiger partial charge in [-0.2, -0.15) is 3.71 Å². The zero-order valence-corrected chi connectivity index (χ0v) is 6.01. The van der Waals surface area contributed by atoms with E-state index < -0.39 is 0 Å². The molecule has 0 radical (unpaired) electrons. The lowest BCUT2D eigenvalue weighted by atomic mass is 10.7. The van der Waals surface area contributed by atoms with Crippen LogP contribution in [-0.4, -0.2) is 22.4 Å². The Balaban J connectivity index is 2.32. The molecule has 0 bridgehead atoms. The van der Waals surface area contributed by atoms with Gasteiger partial charge in [-0.05, 0) is 6.26 Å². The average molecular weight is 150 g/mol. The molecule has 1 N–H and O–H groups in total. The molecule has 1 aliphatic rings. The maximum atomic E-state index is 10.4. The first kappa shape index (κ1) is 6.25.